The fourth-order valence-corrected chi connectivity index (χ4v) is 5.04. The molecule has 5 nitrogen and oxygen atoms in total. The number of aryl methyl sites for hydroxylation is 1. The third-order valence-corrected chi connectivity index (χ3v) is 6.78. The van der Waals surface area contributed by atoms with Crippen LogP contribution in [0.2, 0.25) is 0 Å². The van der Waals surface area contributed by atoms with E-state index in [4.69, 9.17) is 0 Å². The van der Waals surface area contributed by atoms with Crippen LogP contribution in [-0.4, -0.2) is 42.1 Å². The first-order valence-corrected chi connectivity index (χ1v) is 11.3. The molecule has 146 valence electrons. The van der Waals surface area contributed by atoms with E-state index < -0.39 is 0 Å². The number of aromatic nitrogens is 1. The van der Waals surface area contributed by atoms with Crippen molar-refractivity contribution in [3.8, 4) is 0 Å². The van der Waals surface area contributed by atoms with Crippen LogP contribution in [-0.2, 0) is 0 Å². The average Bonchev–Trinajstić information content (AvgIpc) is 3.08. The van der Waals surface area contributed by atoms with Crippen LogP contribution in [0, 0.1) is 12.8 Å². The largest absolute Gasteiger partial charge is 0.338 e. The smallest absolute Gasteiger partial charge is 0.319 e. The van der Waals surface area contributed by atoms with Crippen LogP contribution in [0.15, 0.2) is 38.9 Å². The number of urea groups is 1. The van der Waals surface area contributed by atoms with Crippen molar-refractivity contribution in [2.24, 2.45) is 5.92 Å². The van der Waals surface area contributed by atoms with Crippen molar-refractivity contribution < 1.29 is 4.79 Å². The molecule has 1 aromatic heterocycles. The van der Waals surface area contributed by atoms with E-state index >= 15 is 0 Å². The van der Waals surface area contributed by atoms with Crippen molar-refractivity contribution in [3.63, 3.8) is 0 Å². The van der Waals surface area contributed by atoms with Gasteiger partial charge in [0.2, 0.25) is 0 Å². The number of carbonyl (C=O) groups excluding carboxylic acids is 1. The topological polar surface area (TPSA) is 57.3 Å². The summed E-state index contributed by atoms with van der Waals surface area (Å²) in [5.74, 6) is 0.587. The van der Waals surface area contributed by atoms with Gasteiger partial charge in [-0.2, -0.15) is 0 Å². The molecule has 0 atom stereocenters. The molecule has 2 aromatic rings. The fourth-order valence-electron chi connectivity index (χ4n) is 3.23. The Morgan fingerprint density at radius 2 is 2.04 bits per heavy atom. The SMILES string of the molecule is CCCN1CCC(CNC(=O)Nc2ccc(Sc3nc(C)cs3)cc2)CC1. The van der Waals surface area contributed by atoms with Gasteiger partial charge in [0.25, 0.3) is 0 Å². The number of benzene rings is 1. The van der Waals surface area contributed by atoms with Gasteiger partial charge in [-0.25, -0.2) is 9.78 Å². The second kappa shape index (κ2) is 10.1. The van der Waals surface area contributed by atoms with Crippen molar-refractivity contribution in [1.29, 1.82) is 0 Å². The lowest BCUT2D eigenvalue weighted by molar-refractivity contribution is 0.182. The summed E-state index contributed by atoms with van der Waals surface area (Å²) < 4.78 is 1.04. The molecule has 0 saturated carbocycles. The number of amides is 2. The van der Waals surface area contributed by atoms with Gasteiger partial charge >= 0.3 is 6.03 Å². The minimum absolute atomic E-state index is 0.123. The molecule has 0 unspecified atom stereocenters. The van der Waals surface area contributed by atoms with Crippen LogP contribution in [0.25, 0.3) is 0 Å². The van der Waals surface area contributed by atoms with Gasteiger partial charge in [-0.15, -0.1) is 11.3 Å². The molecule has 27 heavy (non-hydrogen) atoms. The molecule has 1 aromatic carbocycles. The summed E-state index contributed by atoms with van der Waals surface area (Å²) in [5, 5.41) is 8.00. The standard InChI is InChI=1S/C20H28N4OS2/c1-3-10-24-11-8-16(9-12-24)13-21-19(25)23-17-4-6-18(7-5-17)27-20-22-15(2)14-26-20/h4-7,14,16H,3,8-13H2,1-2H3,(H2,21,23,25). The molecule has 2 heterocycles. The Balaban J connectivity index is 1.39. The number of piperidine rings is 1. The number of hydrogen-bond donors (Lipinski definition) is 2. The number of rotatable bonds is 7. The molecule has 3 rings (SSSR count). The van der Waals surface area contributed by atoms with Gasteiger partial charge in [-0.05, 0) is 76.0 Å². The molecular formula is C20H28N4OS2. The Bertz CT molecular complexity index is 724. The van der Waals surface area contributed by atoms with E-state index in [1.54, 1.807) is 23.1 Å². The van der Waals surface area contributed by atoms with E-state index in [1.165, 1.54) is 25.8 Å². The molecule has 7 heteroatoms. The molecular weight excluding hydrogens is 376 g/mol. The molecule has 0 spiro atoms. The average molecular weight is 405 g/mol. The van der Waals surface area contributed by atoms with Gasteiger partial charge in [-0.1, -0.05) is 18.7 Å². The summed E-state index contributed by atoms with van der Waals surface area (Å²) in [4.78, 5) is 20.3. The van der Waals surface area contributed by atoms with Crippen molar-refractivity contribution in [1.82, 2.24) is 15.2 Å². The number of thiazole rings is 1. The number of likely N-dealkylation sites (tertiary alicyclic amines) is 1. The Morgan fingerprint density at radius 3 is 2.67 bits per heavy atom. The van der Waals surface area contributed by atoms with Crippen LogP contribution in [0.5, 0.6) is 0 Å². The van der Waals surface area contributed by atoms with E-state index in [2.05, 4.69) is 32.8 Å². The maximum atomic E-state index is 12.2. The lowest BCUT2D eigenvalue weighted by Gasteiger charge is -2.31. The Kier molecular flexibility index (Phi) is 7.55. The van der Waals surface area contributed by atoms with E-state index in [1.807, 2.05) is 31.2 Å². The molecule has 0 bridgehead atoms. The zero-order chi connectivity index (χ0) is 19.1. The van der Waals surface area contributed by atoms with E-state index in [-0.39, 0.29) is 6.03 Å². The normalized spacial score (nSPS) is 15.6. The third kappa shape index (κ3) is 6.52. The highest BCUT2D eigenvalue weighted by Crippen LogP contribution is 2.30. The summed E-state index contributed by atoms with van der Waals surface area (Å²) in [6.07, 6.45) is 3.55. The molecule has 2 N–H and O–H groups in total. The fraction of sp³-hybridized carbons (Fsp3) is 0.500. The predicted molar refractivity (Wildman–Crippen MR) is 114 cm³/mol. The number of hydrogen-bond acceptors (Lipinski definition) is 5. The molecule has 1 saturated heterocycles. The van der Waals surface area contributed by atoms with Crippen LogP contribution >= 0.6 is 23.1 Å². The van der Waals surface area contributed by atoms with Gasteiger partial charge in [0, 0.05) is 28.2 Å². The van der Waals surface area contributed by atoms with E-state index in [9.17, 15) is 4.79 Å². The maximum absolute atomic E-state index is 12.2. The predicted octanol–water partition coefficient (Wildman–Crippen LogP) is 4.85. The number of nitrogens with zero attached hydrogens (tertiary/aromatic N) is 2. The summed E-state index contributed by atoms with van der Waals surface area (Å²) in [6, 6.07) is 7.78. The third-order valence-electron chi connectivity index (χ3n) is 4.71. The molecule has 2 amide bonds. The number of carbonyl (C=O) groups is 1. The van der Waals surface area contributed by atoms with E-state index in [0.717, 1.165) is 40.3 Å². The van der Waals surface area contributed by atoms with Crippen LogP contribution in [0.4, 0.5) is 10.5 Å². The van der Waals surface area contributed by atoms with Crippen LogP contribution in [0.1, 0.15) is 31.9 Å². The minimum atomic E-state index is -0.123. The number of nitrogens with one attached hydrogen (secondary N) is 2. The van der Waals surface area contributed by atoms with Crippen molar-refractivity contribution in [2.45, 2.75) is 42.3 Å². The van der Waals surface area contributed by atoms with Crippen molar-refractivity contribution >= 4 is 34.8 Å². The van der Waals surface area contributed by atoms with Crippen molar-refractivity contribution in [3.05, 3.63) is 35.3 Å². The van der Waals surface area contributed by atoms with Crippen LogP contribution < -0.4 is 10.6 Å². The summed E-state index contributed by atoms with van der Waals surface area (Å²) in [7, 11) is 0. The molecule has 1 fully saturated rings. The Morgan fingerprint density at radius 1 is 1.30 bits per heavy atom. The van der Waals surface area contributed by atoms with Gasteiger partial charge in [-0.3, -0.25) is 0 Å². The second-order valence-electron chi connectivity index (χ2n) is 7.00. The highest BCUT2D eigenvalue weighted by molar-refractivity contribution is 8.01. The summed E-state index contributed by atoms with van der Waals surface area (Å²) >= 11 is 3.29. The first-order chi connectivity index (χ1) is 13.1. The summed E-state index contributed by atoms with van der Waals surface area (Å²) in [6.45, 7) is 8.48. The zero-order valence-corrected chi connectivity index (χ0v) is 17.7. The first kappa shape index (κ1) is 20.2. The van der Waals surface area contributed by atoms with Crippen molar-refractivity contribution in [2.75, 3.05) is 31.5 Å². The minimum Gasteiger partial charge on any atom is -0.338 e. The first-order valence-electron chi connectivity index (χ1n) is 9.59. The molecule has 0 aliphatic carbocycles. The van der Waals surface area contributed by atoms with Crippen LogP contribution in [0.3, 0.4) is 0 Å². The number of anilines is 1. The highest BCUT2D eigenvalue weighted by atomic mass is 32.2. The van der Waals surface area contributed by atoms with Gasteiger partial charge in [0.15, 0.2) is 4.34 Å². The lowest BCUT2D eigenvalue weighted by Crippen LogP contribution is -2.39. The molecule has 0 radical (unpaired) electrons. The lowest BCUT2D eigenvalue weighted by atomic mass is 9.97. The second-order valence-corrected chi connectivity index (χ2v) is 9.18. The van der Waals surface area contributed by atoms with Gasteiger partial charge in [0.1, 0.15) is 0 Å². The van der Waals surface area contributed by atoms with Gasteiger partial charge < -0.3 is 15.5 Å². The summed E-state index contributed by atoms with van der Waals surface area (Å²) in [5.41, 5.74) is 1.86. The monoisotopic (exact) mass is 404 g/mol. The van der Waals surface area contributed by atoms with Gasteiger partial charge in [0.05, 0.1) is 0 Å². The maximum Gasteiger partial charge on any atom is 0.319 e. The molecule has 1 aliphatic heterocycles. The highest BCUT2D eigenvalue weighted by Gasteiger charge is 2.18. The Hall–Kier alpha value is -1.57. The Labute approximate surface area is 170 Å². The quantitative estimate of drug-likeness (QED) is 0.693. The molecule has 1 aliphatic rings. The zero-order valence-electron chi connectivity index (χ0n) is 16.0. The van der Waals surface area contributed by atoms with E-state index in [0.29, 0.717) is 5.92 Å².